The van der Waals surface area contributed by atoms with Crippen molar-refractivity contribution in [1.82, 2.24) is 19.4 Å². The number of nitrogens with zero attached hydrogens (tertiary/aromatic N) is 3. The van der Waals surface area contributed by atoms with Crippen molar-refractivity contribution >= 4 is 10.0 Å². The quantitative estimate of drug-likeness (QED) is 0.900. The van der Waals surface area contributed by atoms with Crippen LogP contribution in [0.2, 0.25) is 0 Å². The number of hydrogen-bond acceptors (Lipinski definition) is 4. The number of sulfonamides is 1. The lowest BCUT2D eigenvalue weighted by molar-refractivity contribution is 0.202. The van der Waals surface area contributed by atoms with Gasteiger partial charge in [0.05, 0.1) is 11.4 Å². The average molecular weight is 300 g/mol. The maximum atomic E-state index is 12.6. The van der Waals surface area contributed by atoms with Crippen molar-refractivity contribution in [2.75, 3.05) is 33.7 Å². The third kappa shape index (κ3) is 3.05. The fourth-order valence-corrected chi connectivity index (χ4v) is 4.35. The summed E-state index contributed by atoms with van der Waals surface area (Å²) in [5.41, 5.74) is 1.15. The minimum Gasteiger partial charge on any atom is -0.306 e. The van der Waals surface area contributed by atoms with E-state index >= 15 is 0 Å². The second-order valence-electron chi connectivity index (χ2n) is 5.80. The Morgan fingerprint density at radius 3 is 2.45 bits per heavy atom. The lowest BCUT2D eigenvalue weighted by Gasteiger charge is -2.31. The number of aromatic amines is 1. The van der Waals surface area contributed by atoms with E-state index in [1.54, 1.807) is 20.9 Å². The molecule has 20 heavy (non-hydrogen) atoms. The molecule has 1 N–H and O–H groups in total. The summed E-state index contributed by atoms with van der Waals surface area (Å²) in [4.78, 5) is 2.61. The molecule has 0 atom stereocenters. The van der Waals surface area contributed by atoms with E-state index in [2.05, 4.69) is 22.1 Å². The summed E-state index contributed by atoms with van der Waals surface area (Å²) in [6.45, 7) is 6.14. The van der Waals surface area contributed by atoms with Crippen LogP contribution in [0.5, 0.6) is 0 Å². The molecule has 1 aromatic heterocycles. The Bertz CT molecular complexity index is 539. The van der Waals surface area contributed by atoms with E-state index in [1.807, 2.05) is 0 Å². The summed E-state index contributed by atoms with van der Waals surface area (Å²) in [5, 5.41) is 6.73. The highest BCUT2D eigenvalue weighted by atomic mass is 32.2. The van der Waals surface area contributed by atoms with Gasteiger partial charge in [0.1, 0.15) is 4.90 Å². The number of hydrogen-bond donors (Lipinski definition) is 1. The lowest BCUT2D eigenvalue weighted by Crippen LogP contribution is -2.38. The van der Waals surface area contributed by atoms with E-state index in [1.165, 1.54) is 4.31 Å². The van der Waals surface area contributed by atoms with Crippen LogP contribution < -0.4 is 0 Å². The van der Waals surface area contributed by atoms with Gasteiger partial charge in [0.2, 0.25) is 10.0 Å². The van der Waals surface area contributed by atoms with Gasteiger partial charge in [-0.1, -0.05) is 0 Å². The maximum Gasteiger partial charge on any atom is 0.246 e. The minimum atomic E-state index is -3.44. The van der Waals surface area contributed by atoms with Crippen molar-refractivity contribution in [3.63, 3.8) is 0 Å². The Labute approximate surface area is 121 Å². The molecular weight excluding hydrogens is 276 g/mol. The Morgan fingerprint density at radius 1 is 1.35 bits per heavy atom. The van der Waals surface area contributed by atoms with Gasteiger partial charge in [-0.15, -0.1) is 0 Å². The predicted molar refractivity (Wildman–Crippen MR) is 78.1 cm³/mol. The van der Waals surface area contributed by atoms with Crippen LogP contribution in [0, 0.1) is 19.8 Å². The summed E-state index contributed by atoms with van der Waals surface area (Å²) in [7, 11) is 0.328. The normalized spacial score (nSPS) is 18.9. The van der Waals surface area contributed by atoms with Gasteiger partial charge in [0.25, 0.3) is 0 Å². The SMILES string of the molecule is Cc1n[nH]c(C)c1S(=O)(=O)N(C)CC1CCN(C)CC1. The van der Waals surface area contributed by atoms with Crippen molar-refractivity contribution in [2.24, 2.45) is 5.92 Å². The molecule has 0 amide bonds. The molecule has 0 unspecified atom stereocenters. The Hall–Kier alpha value is -0.920. The number of aromatic nitrogens is 2. The van der Waals surface area contributed by atoms with Crippen LogP contribution in [-0.2, 0) is 10.0 Å². The Balaban J connectivity index is 2.10. The molecule has 0 aromatic carbocycles. The minimum absolute atomic E-state index is 0.327. The summed E-state index contributed by atoms with van der Waals surface area (Å²) in [5.74, 6) is 0.443. The lowest BCUT2D eigenvalue weighted by atomic mass is 9.97. The number of nitrogens with one attached hydrogen (secondary N) is 1. The van der Waals surface area contributed by atoms with E-state index in [9.17, 15) is 8.42 Å². The first-order chi connectivity index (χ1) is 9.32. The van der Waals surface area contributed by atoms with Crippen LogP contribution in [-0.4, -0.2) is 61.5 Å². The molecular formula is C13H24N4O2S. The zero-order chi connectivity index (χ0) is 14.9. The van der Waals surface area contributed by atoms with Crippen molar-refractivity contribution < 1.29 is 8.42 Å². The predicted octanol–water partition coefficient (Wildman–Crippen LogP) is 0.989. The van der Waals surface area contributed by atoms with Gasteiger partial charge in [0.15, 0.2) is 0 Å². The number of rotatable bonds is 4. The molecule has 114 valence electrons. The number of H-pyrrole nitrogens is 1. The molecule has 1 aromatic rings. The van der Waals surface area contributed by atoms with Crippen molar-refractivity contribution in [2.45, 2.75) is 31.6 Å². The van der Waals surface area contributed by atoms with Gasteiger partial charge in [0, 0.05) is 13.6 Å². The first-order valence-corrected chi connectivity index (χ1v) is 8.43. The molecule has 0 radical (unpaired) electrons. The van der Waals surface area contributed by atoms with Crippen LogP contribution >= 0.6 is 0 Å². The topological polar surface area (TPSA) is 69.3 Å². The fraction of sp³-hybridized carbons (Fsp3) is 0.769. The van der Waals surface area contributed by atoms with Crippen LogP contribution in [0.4, 0.5) is 0 Å². The third-order valence-corrected chi connectivity index (χ3v) is 6.17. The van der Waals surface area contributed by atoms with Gasteiger partial charge in [-0.2, -0.15) is 5.10 Å². The van der Waals surface area contributed by atoms with E-state index in [0.29, 0.717) is 28.7 Å². The van der Waals surface area contributed by atoms with Crippen molar-refractivity contribution in [3.8, 4) is 0 Å². The van der Waals surface area contributed by atoms with Crippen molar-refractivity contribution in [3.05, 3.63) is 11.4 Å². The summed E-state index contributed by atoms with van der Waals surface area (Å²) >= 11 is 0. The number of likely N-dealkylation sites (tertiary alicyclic amines) is 1. The van der Waals surface area contributed by atoms with Gasteiger partial charge in [-0.3, -0.25) is 5.10 Å². The molecule has 0 aliphatic carbocycles. The van der Waals surface area contributed by atoms with Gasteiger partial charge in [-0.05, 0) is 52.7 Å². The summed E-state index contributed by atoms with van der Waals surface area (Å²) < 4.78 is 26.7. The van der Waals surface area contributed by atoms with E-state index < -0.39 is 10.0 Å². The van der Waals surface area contributed by atoms with Crippen LogP contribution in [0.25, 0.3) is 0 Å². The average Bonchev–Trinajstić information content (AvgIpc) is 2.72. The van der Waals surface area contributed by atoms with Gasteiger partial charge >= 0.3 is 0 Å². The van der Waals surface area contributed by atoms with Crippen LogP contribution in [0.3, 0.4) is 0 Å². The van der Waals surface area contributed by atoms with Crippen LogP contribution in [0.1, 0.15) is 24.2 Å². The van der Waals surface area contributed by atoms with Crippen LogP contribution in [0.15, 0.2) is 4.90 Å². The smallest absolute Gasteiger partial charge is 0.246 e. The summed E-state index contributed by atoms with van der Waals surface area (Å²) in [6.07, 6.45) is 2.11. The second-order valence-corrected chi connectivity index (χ2v) is 7.78. The van der Waals surface area contributed by atoms with Gasteiger partial charge in [-0.25, -0.2) is 12.7 Å². The highest BCUT2D eigenvalue weighted by Gasteiger charge is 2.29. The Morgan fingerprint density at radius 2 is 1.95 bits per heavy atom. The monoisotopic (exact) mass is 300 g/mol. The standard InChI is InChI=1S/C13H24N4O2S/c1-10-13(11(2)15-14-10)20(18,19)17(4)9-12-5-7-16(3)8-6-12/h12H,5-9H2,1-4H3,(H,14,15). The molecule has 1 saturated heterocycles. The first-order valence-electron chi connectivity index (χ1n) is 6.99. The zero-order valence-corrected chi connectivity index (χ0v) is 13.5. The zero-order valence-electron chi connectivity index (χ0n) is 12.7. The van der Waals surface area contributed by atoms with Crippen molar-refractivity contribution in [1.29, 1.82) is 0 Å². The molecule has 0 spiro atoms. The molecule has 7 heteroatoms. The molecule has 0 saturated carbocycles. The molecule has 1 aliphatic rings. The Kier molecular flexibility index (Phi) is 4.51. The maximum absolute atomic E-state index is 12.6. The molecule has 2 heterocycles. The summed E-state index contributed by atoms with van der Waals surface area (Å²) in [6, 6.07) is 0. The van der Waals surface area contributed by atoms with E-state index in [0.717, 1.165) is 25.9 Å². The van der Waals surface area contributed by atoms with Gasteiger partial charge < -0.3 is 4.90 Å². The number of piperidine rings is 1. The third-order valence-electron chi connectivity index (χ3n) is 4.08. The number of aryl methyl sites for hydroxylation is 2. The molecule has 2 rings (SSSR count). The van der Waals surface area contributed by atoms with E-state index in [4.69, 9.17) is 0 Å². The molecule has 6 nitrogen and oxygen atoms in total. The molecule has 0 bridgehead atoms. The largest absolute Gasteiger partial charge is 0.306 e. The first kappa shape index (κ1) is 15.5. The molecule has 1 fully saturated rings. The highest BCUT2D eigenvalue weighted by Crippen LogP contribution is 2.24. The van der Waals surface area contributed by atoms with E-state index in [-0.39, 0.29) is 0 Å². The highest BCUT2D eigenvalue weighted by molar-refractivity contribution is 7.89. The molecule has 1 aliphatic heterocycles. The fourth-order valence-electron chi connectivity index (χ4n) is 2.78. The second kappa shape index (κ2) is 5.83.